The molecular weight excluding hydrogens is 256 g/mol. The second-order valence-electron chi connectivity index (χ2n) is 4.39. The van der Waals surface area contributed by atoms with Gasteiger partial charge in [0.15, 0.2) is 6.29 Å². The van der Waals surface area contributed by atoms with Crippen molar-refractivity contribution in [1.29, 1.82) is 0 Å². The Labute approximate surface area is 111 Å². The molecule has 1 saturated heterocycles. The van der Waals surface area contributed by atoms with Gasteiger partial charge in [0.2, 0.25) is 0 Å². The third-order valence-corrected chi connectivity index (χ3v) is 2.61. The zero-order valence-corrected chi connectivity index (χ0v) is 10.8. The van der Waals surface area contributed by atoms with Crippen LogP contribution in [0.5, 0.6) is 0 Å². The van der Waals surface area contributed by atoms with Gasteiger partial charge in [0, 0.05) is 12.0 Å². The van der Waals surface area contributed by atoms with Crippen LogP contribution in [0.4, 0.5) is 0 Å². The Bertz CT molecular complexity index is 317. The molecule has 0 radical (unpaired) electrons. The predicted molar refractivity (Wildman–Crippen MR) is 64.1 cm³/mol. The van der Waals surface area contributed by atoms with E-state index in [4.69, 9.17) is 14.2 Å². The van der Waals surface area contributed by atoms with Crippen LogP contribution in [0.15, 0.2) is 12.2 Å². The first-order valence-corrected chi connectivity index (χ1v) is 6.03. The van der Waals surface area contributed by atoms with Gasteiger partial charge in [-0.25, -0.2) is 4.79 Å². The summed E-state index contributed by atoms with van der Waals surface area (Å²) in [6, 6.07) is 0. The molecule has 0 spiro atoms. The molecule has 0 aromatic carbocycles. The molecule has 7 nitrogen and oxygen atoms in total. The first-order chi connectivity index (χ1) is 8.93. The van der Waals surface area contributed by atoms with E-state index in [1.807, 2.05) is 0 Å². The lowest BCUT2D eigenvalue weighted by atomic mass is 10.1. The maximum absolute atomic E-state index is 11.1. The molecule has 0 aliphatic carbocycles. The lowest BCUT2D eigenvalue weighted by molar-refractivity contribution is -0.270. The number of hydrogen-bond donors (Lipinski definition) is 3. The summed E-state index contributed by atoms with van der Waals surface area (Å²) >= 11 is 0. The van der Waals surface area contributed by atoms with Crippen molar-refractivity contribution in [3.63, 3.8) is 0 Å². The summed E-state index contributed by atoms with van der Waals surface area (Å²) < 4.78 is 15.1. The zero-order chi connectivity index (χ0) is 14.4. The fourth-order valence-electron chi connectivity index (χ4n) is 1.47. The molecule has 7 heteroatoms. The summed E-state index contributed by atoms with van der Waals surface area (Å²) in [5.41, 5.74) is 0.323. The molecule has 4 atom stereocenters. The Morgan fingerprint density at radius 1 is 1.32 bits per heavy atom. The lowest BCUT2D eigenvalue weighted by Crippen LogP contribution is -2.53. The Morgan fingerprint density at radius 2 is 2.00 bits per heavy atom. The molecule has 1 heterocycles. The molecule has 3 N–H and O–H groups in total. The van der Waals surface area contributed by atoms with E-state index in [1.54, 1.807) is 6.92 Å². The monoisotopic (exact) mass is 276 g/mol. The first-order valence-electron chi connectivity index (χ1n) is 6.03. The lowest BCUT2D eigenvalue weighted by Gasteiger charge is -2.34. The minimum absolute atomic E-state index is 0.104. The van der Waals surface area contributed by atoms with Crippen LogP contribution in [-0.4, -0.2) is 65.7 Å². The predicted octanol–water partition coefficient (Wildman–Crippen LogP) is -1.05. The van der Waals surface area contributed by atoms with E-state index < -0.39 is 30.6 Å². The van der Waals surface area contributed by atoms with Crippen LogP contribution in [0.1, 0.15) is 13.3 Å². The number of rotatable bonds is 6. The molecule has 1 rings (SSSR count). The van der Waals surface area contributed by atoms with Crippen LogP contribution < -0.4 is 0 Å². The fourth-order valence-corrected chi connectivity index (χ4v) is 1.47. The highest BCUT2D eigenvalue weighted by atomic mass is 16.7. The molecule has 0 saturated carbocycles. The summed E-state index contributed by atoms with van der Waals surface area (Å²) in [7, 11) is 0. The molecule has 1 unspecified atom stereocenters. The summed E-state index contributed by atoms with van der Waals surface area (Å²) in [5, 5.41) is 28.2. The van der Waals surface area contributed by atoms with Crippen molar-refractivity contribution in [1.82, 2.24) is 0 Å². The van der Waals surface area contributed by atoms with E-state index in [0.29, 0.717) is 12.0 Å². The van der Waals surface area contributed by atoms with Gasteiger partial charge in [-0.05, 0) is 6.92 Å². The zero-order valence-electron chi connectivity index (χ0n) is 10.8. The van der Waals surface area contributed by atoms with E-state index in [9.17, 15) is 20.1 Å². The number of esters is 1. The van der Waals surface area contributed by atoms with Crippen molar-refractivity contribution >= 4 is 5.97 Å². The van der Waals surface area contributed by atoms with Gasteiger partial charge >= 0.3 is 5.97 Å². The van der Waals surface area contributed by atoms with Gasteiger partial charge in [0.05, 0.1) is 19.8 Å². The standard InChI is InChI=1S/C12H20O7/c1-7(2)11(16)17-4-3-5-18-12-10(15)9(14)8(13)6-19-12/h8-10,12-15H,1,3-6H2,2H3/t8-,9+,10-,12?/m1/s1. The number of carbonyl (C=O) groups is 1. The van der Waals surface area contributed by atoms with Crippen molar-refractivity contribution < 1.29 is 34.3 Å². The van der Waals surface area contributed by atoms with Gasteiger partial charge in [-0.1, -0.05) is 6.58 Å². The van der Waals surface area contributed by atoms with Crippen LogP contribution >= 0.6 is 0 Å². The van der Waals surface area contributed by atoms with E-state index in [1.165, 1.54) is 0 Å². The second kappa shape index (κ2) is 7.56. The smallest absolute Gasteiger partial charge is 0.333 e. The minimum Gasteiger partial charge on any atom is -0.462 e. The van der Waals surface area contributed by atoms with Gasteiger partial charge in [-0.2, -0.15) is 0 Å². The summed E-state index contributed by atoms with van der Waals surface area (Å²) in [6.45, 7) is 5.25. The average Bonchev–Trinajstić information content (AvgIpc) is 2.37. The van der Waals surface area contributed by atoms with Crippen molar-refractivity contribution in [3.05, 3.63) is 12.2 Å². The molecule has 19 heavy (non-hydrogen) atoms. The molecule has 0 aromatic heterocycles. The summed E-state index contributed by atoms with van der Waals surface area (Å²) in [5.74, 6) is -0.465. The molecule has 0 bridgehead atoms. The van der Waals surface area contributed by atoms with Crippen LogP contribution in [0, 0.1) is 0 Å². The van der Waals surface area contributed by atoms with Gasteiger partial charge < -0.3 is 29.5 Å². The van der Waals surface area contributed by atoms with Crippen LogP contribution in [0.25, 0.3) is 0 Å². The van der Waals surface area contributed by atoms with Crippen molar-refractivity contribution in [2.75, 3.05) is 19.8 Å². The van der Waals surface area contributed by atoms with Crippen molar-refractivity contribution in [3.8, 4) is 0 Å². The molecule has 110 valence electrons. The van der Waals surface area contributed by atoms with E-state index in [-0.39, 0.29) is 19.8 Å². The van der Waals surface area contributed by atoms with Gasteiger partial charge in [0.25, 0.3) is 0 Å². The summed E-state index contributed by atoms with van der Waals surface area (Å²) in [6.07, 6.45) is -4.28. The maximum Gasteiger partial charge on any atom is 0.333 e. The van der Waals surface area contributed by atoms with E-state index >= 15 is 0 Å². The largest absolute Gasteiger partial charge is 0.462 e. The Morgan fingerprint density at radius 3 is 2.63 bits per heavy atom. The Kier molecular flexibility index (Phi) is 6.40. The van der Waals surface area contributed by atoms with E-state index in [0.717, 1.165) is 0 Å². The van der Waals surface area contributed by atoms with Crippen molar-refractivity contribution in [2.45, 2.75) is 37.9 Å². The second-order valence-corrected chi connectivity index (χ2v) is 4.39. The van der Waals surface area contributed by atoms with Crippen LogP contribution in [-0.2, 0) is 19.0 Å². The topological polar surface area (TPSA) is 105 Å². The molecule has 1 aliphatic rings. The van der Waals surface area contributed by atoms with E-state index in [2.05, 4.69) is 6.58 Å². The molecule has 1 aliphatic heterocycles. The Balaban J connectivity index is 2.16. The van der Waals surface area contributed by atoms with Crippen LogP contribution in [0.2, 0.25) is 0 Å². The average molecular weight is 276 g/mol. The first kappa shape index (κ1) is 16.1. The molecular formula is C12H20O7. The third-order valence-electron chi connectivity index (χ3n) is 2.61. The number of hydrogen-bond acceptors (Lipinski definition) is 7. The van der Waals surface area contributed by atoms with Gasteiger partial charge in [-0.15, -0.1) is 0 Å². The van der Waals surface area contributed by atoms with Gasteiger partial charge in [-0.3, -0.25) is 0 Å². The van der Waals surface area contributed by atoms with Gasteiger partial charge in [0.1, 0.15) is 18.3 Å². The molecule has 0 aromatic rings. The number of aliphatic hydroxyl groups excluding tert-OH is 3. The highest BCUT2D eigenvalue weighted by Crippen LogP contribution is 2.16. The Hall–Kier alpha value is -0.990. The number of aliphatic hydroxyl groups is 3. The fraction of sp³-hybridized carbons (Fsp3) is 0.750. The van der Waals surface area contributed by atoms with Crippen LogP contribution in [0.3, 0.4) is 0 Å². The maximum atomic E-state index is 11.1. The molecule has 0 amide bonds. The number of carbonyl (C=O) groups excluding carboxylic acids is 1. The van der Waals surface area contributed by atoms with Crippen molar-refractivity contribution in [2.24, 2.45) is 0 Å². The highest BCUT2D eigenvalue weighted by molar-refractivity contribution is 5.86. The normalized spacial score (nSPS) is 30.9. The minimum atomic E-state index is -1.30. The highest BCUT2D eigenvalue weighted by Gasteiger charge is 2.37. The quantitative estimate of drug-likeness (QED) is 0.323. The SMILES string of the molecule is C=C(C)C(=O)OCCCOC1OC[C@@H](O)[C@H](O)[C@H]1O. The number of ether oxygens (including phenoxy) is 3. The molecule has 1 fully saturated rings. The third kappa shape index (κ3) is 4.88. The summed E-state index contributed by atoms with van der Waals surface area (Å²) in [4.78, 5) is 11.1.